The van der Waals surface area contributed by atoms with E-state index in [9.17, 15) is 9.59 Å². The highest BCUT2D eigenvalue weighted by Gasteiger charge is 2.62. The average Bonchev–Trinajstić information content (AvgIpc) is 2.93. The standard InChI is InChI=1S/C11H16N2O2/c1-11(2-4-12-5-3-11)13-9(14)7-6-8(7)10(13)15/h7-8,12H,2-6H2,1H3. The largest absolute Gasteiger partial charge is 0.317 e. The first-order valence-corrected chi connectivity index (χ1v) is 5.72. The molecule has 0 aromatic heterocycles. The van der Waals surface area contributed by atoms with Crippen LogP contribution in [0, 0.1) is 11.8 Å². The van der Waals surface area contributed by atoms with Gasteiger partial charge >= 0.3 is 0 Å². The van der Waals surface area contributed by atoms with Crippen LogP contribution in [-0.4, -0.2) is 35.3 Å². The van der Waals surface area contributed by atoms with Gasteiger partial charge in [0.05, 0.1) is 17.4 Å². The van der Waals surface area contributed by atoms with E-state index < -0.39 is 0 Å². The molecule has 2 atom stereocenters. The van der Waals surface area contributed by atoms with Gasteiger partial charge < -0.3 is 5.32 Å². The molecule has 1 saturated carbocycles. The van der Waals surface area contributed by atoms with Crippen molar-refractivity contribution in [3.05, 3.63) is 0 Å². The van der Waals surface area contributed by atoms with E-state index in [4.69, 9.17) is 0 Å². The van der Waals surface area contributed by atoms with Gasteiger partial charge in [-0.2, -0.15) is 0 Å². The molecule has 1 N–H and O–H groups in total. The van der Waals surface area contributed by atoms with Crippen LogP contribution in [0.4, 0.5) is 0 Å². The van der Waals surface area contributed by atoms with Gasteiger partial charge in [-0.25, -0.2) is 0 Å². The number of rotatable bonds is 1. The van der Waals surface area contributed by atoms with Crippen LogP contribution in [0.3, 0.4) is 0 Å². The van der Waals surface area contributed by atoms with Crippen LogP contribution in [0.25, 0.3) is 0 Å². The lowest BCUT2D eigenvalue weighted by Gasteiger charge is -2.41. The van der Waals surface area contributed by atoms with Crippen LogP contribution < -0.4 is 5.32 Å². The van der Waals surface area contributed by atoms with Crippen LogP contribution in [0.1, 0.15) is 26.2 Å². The van der Waals surface area contributed by atoms with Gasteiger partial charge in [-0.05, 0) is 39.3 Å². The number of hydrogen-bond donors (Lipinski definition) is 1. The fourth-order valence-electron chi connectivity index (χ4n) is 2.90. The number of piperidine rings is 2. The zero-order valence-corrected chi connectivity index (χ0v) is 8.95. The van der Waals surface area contributed by atoms with Crippen LogP contribution in [-0.2, 0) is 9.59 Å². The number of carbonyl (C=O) groups excluding carboxylic acids is 2. The van der Waals surface area contributed by atoms with Gasteiger partial charge in [0, 0.05) is 0 Å². The molecule has 4 nitrogen and oxygen atoms in total. The minimum Gasteiger partial charge on any atom is -0.317 e. The Balaban J connectivity index is 1.86. The Kier molecular flexibility index (Phi) is 1.75. The molecule has 3 fully saturated rings. The predicted octanol–water partition coefficient (Wildman–Crippen LogP) is 0.133. The molecule has 15 heavy (non-hydrogen) atoms. The van der Waals surface area contributed by atoms with Crippen molar-refractivity contribution in [1.82, 2.24) is 10.2 Å². The maximum Gasteiger partial charge on any atom is 0.233 e. The SMILES string of the molecule is CC1(N2C(=O)C3CC3C2=O)CCNCC1. The number of carbonyl (C=O) groups is 2. The molecular weight excluding hydrogens is 192 g/mol. The fraction of sp³-hybridized carbons (Fsp3) is 0.818. The summed E-state index contributed by atoms with van der Waals surface area (Å²) in [6.45, 7) is 3.86. The zero-order chi connectivity index (χ0) is 10.6. The maximum absolute atomic E-state index is 11.9. The maximum atomic E-state index is 11.9. The van der Waals surface area contributed by atoms with Crippen molar-refractivity contribution in [3.63, 3.8) is 0 Å². The minimum absolute atomic E-state index is 0.0456. The molecule has 0 spiro atoms. The fourth-order valence-corrected chi connectivity index (χ4v) is 2.90. The molecule has 3 aliphatic rings. The van der Waals surface area contributed by atoms with Crippen molar-refractivity contribution >= 4 is 11.8 Å². The number of nitrogens with one attached hydrogen (secondary N) is 1. The van der Waals surface area contributed by atoms with Crippen molar-refractivity contribution in [2.45, 2.75) is 31.7 Å². The first-order valence-electron chi connectivity index (χ1n) is 5.72. The summed E-state index contributed by atoms with van der Waals surface area (Å²) < 4.78 is 0. The molecule has 3 rings (SSSR count). The summed E-state index contributed by atoms with van der Waals surface area (Å²) in [5.74, 6) is 0.275. The van der Waals surface area contributed by atoms with Gasteiger partial charge in [-0.1, -0.05) is 0 Å². The van der Waals surface area contributed by atoms with E-state index in [0.717, 1.165) is 32.4 Å². The summed E-state index contributed by atoms with van der Waals surface area (Å²) in [5, 5.41) is 3.27. The third kappa shape index (κ3) is 1.17. The normalized spacial score (nSPS) is 38.1. The summed E-state index contributed by atoms with van der Waals surface area (Å²) in [6.07, 6.45) is 2.59. The quantitative estimate of drug-likeness (QED) is 0.623. The Morgan fingerprint density at radius 2 is 1.73 bits per heavy atom. The van der Waals surface area contributed by atoms with Gasteiger partial charge in [0.1, 0.15) is 0 Å². The molecule has 0 radical (unpaired) electrons. The average molecular weight is 208 g/mol. The van der Waals surface area contributed by atoms with E-state index >= 15 is 0 Å². The third-order valence-corrected chi connectivity index (χ3v) is 4.09. The third-order valence-electron chi connectivity index (χ3n) is 4.09. The van der Waals surface area contributed by atoms with Crippen molar-refractivity contribution < 1.29 is 9.59 Å². The molecule has 2 unspecified atom stereocenters. The van der Waals surface area contributed by atoms with E-state index in [1.807, 2.05) is 0 Å². The molecule has 2 aliphatic heterocycles. The Bertz CT molecular complexity index is 313. The Labute approximate surface area is 89.0 Å². The van der Waals surface area contributed by atoms with Crippen LogP contribution in [0.5, 0.6) is 0 Å². The van der Waals surface area contributed by atoms with Crippen molar-refractivity contribution in [1.29, 1.82) is 0 Å². The second-order valence-electron chi connectivity index (χ2n) is 5.21. The summed E-state index contributed by atoms with van der Waals surface area (Å²) in [5.41, 5.74) is -0.215. The Morgan fingerprint density at radius 1 is 1.20 bits per heavy atom. The highest BCUT2D eigenvalue weighted by atomic mass is 16.2. The van der Waals surface area contributed by atoms with Crippen LogP contribution in [0.15, 0.2) is 0 Å². The molecule has 1 aliphatic carbocycles. The van der Waals surface area contributed by atoms with Crippen LogP contribution >= 0.6 is 0 Å². The predicted molar refractivity (Wildman–Crippen MR) is 54.0 cm³/mol. The molecule has 4 heteroatoms. The summed E-state index contributed by atoms with van der Waals surface area (Å²) in [4.78, 5) is 25.5. The first-order chi connectivity index (χ1) is 7.13. The van der Waals surface area contributed by atoms with Gasteiger partial charge in [-0.3, -0.25) is 14.5 Å². The number of nitrogens with zero attached hydrogens (tertiary/aromatic N) is 1. The zero-order valence-electron chi connectivity index (χ0n) is 8.95. The van der Waals surface area contributed by atoms with E-state index in [-0.39, 0.29) is 29.2 Å². The molecule has 82 valence electrons. The number of hydrogen-bond acceptors (Lipinski definition) is 3. The lowest BCUT2D eigenvalue weighted by molar-refractivity contribution is -0.149. The highest BCUT2D eigenvalue weighted by molar-refractivity contribution is 6.09. The van der Waals surface area contributed by atoms with Crippen molar-refractivity contribution in [3.8, 4) is 0 Å². The summed E-state index contributed by atoms with van der Waals surface area (Å²) in [7, 11) is 0. The Hall–Kier alpha value is -0.900. The van der Waals surface area contributed by atoms with Gasteiger partial charge in [-0.15, -0.1) is 0 Å². The van der Waals surface area contributed by atoms with E-state index in [1.54, 1.807) is 4.90 Å². The van der Waals surface area contributed by atoms with E-state index in [2.05, 4.69) is 12.2 Å². The lowest BCUT2D eigenvalue weighted by Crippen LogP contribution is -2.55. The molecular formula is C11H16N2O2. The number of amides is 2. The minimum atomic E-state index is -0.215. The monoisotopic (exact) mass is 208 g/mol. The molecule has 2 amide bonds. The molecule has 2 saturated heterocycles. The Morgan fingerprint density at radius 3 is 2.27 bits per heavy atom. The van der Waals surface area contributed by atoms with Gasteiger partial charge in [0.15, 0.2) is 0 Å². The summed E-state index contributed by atoms with van der Waals surface area (Å²) >= 11 is 0. The number of imide groups is 1. The molecule has 0 bridgehead atoms. The lowest BCUT2D eigenvalue weighted by atomic mass is 9.88. The van der Waals surface area contributed by atoms with Crippen molar-refractivity contribution in [2.24, 2.45) is 11.8 Å². The second kappa shape index (κ2) is 2.82. The first kappa shape index (κ1) is 9.33. The molecule has 2 heterocycles. The topological polar surface area (TPSA) is 49.4 Å². The van der Waals surface area contributed by atoms with E-state index in [0.29, 0.717) is 0 Å². The van der Waals surface area contributed by atoms with Crippen molar-refractivity contribution in [2.75, 3.05) is 13.1 Å². The number of likely N-dealkylation sites (tertiary alicyclic amines) is 1. The molecule has 0 aromatic rings. The summed E-state index contributed by atoms with van der Waals surface area (Å²) in [6, 6.07) is 0. The van der Waals surface area contributed by atoms with Gasteiger partial charge in [0.2, 0.25) is 11.8 Å². The number of fused-ring (bicyclic) bond motifs is 1. The highest BCUT2D eigenvalue weighted by Crippen LogP contribution is 2.50. The second-order valence-corrected chi connectivity index (χ2v) is 5.21. The van der Waals surface area contributed by atoms with E-state index in [1.165, 1.54) is 0 Å². The van der Waals surface area contributed by atoms with Gasteiger partial charge in [0.25, 0.3) is 0 Å². The molecule has 0 aromatic carbocycles. The van der Waals surface area contributed by atoms with Crippen LogP contribution in [0.2, 0.25) is 0 Å². The smallest absolute Gasteiger partial charge is 0.233 e.